The Balaban J connectivity index is 2.04. The largest absolute Gasteiger partial charge is 0.339 e. The first-order valence-corrected chi connectivity index (χ1v) is 7.84. The van der Waals surface area contributed by atoms with Gasteiger partial charge in [-0.1, -0.05) is 23.7 Å². The van der Waals surface area contributed by atoms with Crippen LogP contribution in [-0.2, 0) is 14.4 Å². The number of benzene rings is 1. The predicted octanol–water partition coefficient (Wildman–Crippen LogP) is 1.38. The van der Waals surface area contributed by atoms with Crippen LogP contribution in [-0.4, -0.2) is 60.2 Å². The molecule has 1 aliphatic rings. The minimum atomic E-state index is -0.242. The summed E-state index contributed by atoms with van der Waals surface area (Å²) in [5, 5.41) is 0.428. The molecule has 3 amide bonds. The number of anilines is 1. The third-order valence-corrected chi connectivity index (χ3v) is 4.21. The number of hydrogen-bond donors (Lipinski definition) is 0. The van der Waals surface area contributed by atoms with Crippen molar-refractivity contribution in [1.82, 2.24) is 9.80 Å². The van der Waals surface area contributed by atoms with Gasteiger partial charge < -0.3 is 14.7 Å². The molecule has 6 nitrogen and oxygen atoms in total. The Kier molecular flexibility index (Phi) is 5.60. The molecule has 124 valence electrons. The van der Waals surface area contributed by atoms with Crippen molar-refractivity contribution < 1.29 is 14.4 Å². The molecular formula is C16H20ClN3O3. The lowest BCUT2D eigenvalue weighted by molar-refractivity contribution is -0.137. The number of amides is 3. The van der Waals surface area contributed by atoms with Crippen LogP contribution in [0.5, 0.6) is 0 Å². The molecular weight excluding hydrogens is 318 g/mol. The summed E-state index contributed by atoms with van der Waals surface area (Å²) in [4.78, 5) is 40.4. The van der Waals surface area contributed by atoms with E-state index in [4.69, 9.17) is 11.6 Å². The zero-order valence-electron chi connectivity index (χ0n) is 13.3. The number of carbonyl (C=O) groups excluding carboxylic acids is 3. The molecule has 0 atom stereocenters. The summed E-state index contributed by atoms with van der Waals surface area (Å²) < 4.78 is 0. The minimum absolute atomic E-state index is 0.0125. The molecule has 7 heteroatoms. The third kappa shape index (κ3) is 4.22. The van der Waals surface area contributed by atoms with Crippen molar-refractivity contribution >= 4 is 35.0 Å². The van der Waals surface area contributed by atoms with E-state index in [1.54, 1.807) is 34.1 Å². The summed E-state index contributed by atoms with van der Waals surface area (Å²) in [5.74, 6) is -0.379. The molecule has 0 spiro atoms. The van der Waals surface area contributed by atoms with Gasteiger partial charge in [0.1, 0.15) is 6.54 Å². The van der Waals surface area contributed by atoms with Gasteiger partial charge in [0.15, 0.2) is 0 Å². The van der Waals surface area contributed by atoms with E-state index in [2.05, 4.69) is 0 Å². The Morgan fingerprint density at radius 3 is 2.13 bits per heavy atom. The number of hydrogen-bond acceptors (Lipinski definition) is 3. The van der Waals surface area contributed by atoms with E-state index in [1.807, 2.05) is 0 Å². The Morgan fingerprint density at radius 1 is 1.04 bits per heavy atom. The highest BCUT2D eigenvalue weighted by Crippen LogP contribution is 2.25. The number of rotatable bonds is 3. The molecule has 0 radical (unpaired) electrons. The molecule has 0 saturated carbocycles. The molecule has 0 bridgehead atoms. The highest BCUT2D eigenvalue weighted by atomic mass is 35.5. The summed E-state index contributed by atoms with van der Waals surface area (Å²) in [6.45, 7) is 4.87. The van der Waals surface area contributed by atoms with E-state index in [1.165, 1.54) is 18.7 Å². The van der Waals surface area contributed by atoms with Gasteiger partial charge in [-0.05, 0) is 12.1 Å². The number of piperazine rings is 1. The van der Waals surface area contributed by atoms with Crippen molar-refractivity contribution in [2.24, 2.45) is 0 Å². The molecule has 1 heterocycles. The number of halogens is 1. The highest BCUT2D eigenvalue weighted by Gasteiger charge is 2.25. The topological polar surface area (TPSA) is 60.9 Å². The van der Waals surface area contributed by atoms with Gasteiger partial charge >= 0.3 is 0 Å². The summed E-state index contributed by atoms with van der Waals surface area (Å²) in [6, 6.07) is 6.94. The Hall–Kier alpha value is -2.08. The minimum Gasteiger partial charge on any atom is -0.339 e. The van der Waals surface area contributed by atoms with Gasteiger partial charge in [0.05, 0.1) is 10.7 Å². The molecule has 0 unspecified atom stereocenters. The van der Waals surface area contributed by atoms with E-state index >= 15 is 0 Å². The second kappa shape index (κ2) is 7.46. The first-order valence-electron chi connectivity index (χ1n) is 7.46. The van der Waals surface area contributed by atoms with Crippen LogP contribution in [0.2, 0.25) is 5.02 Å². The van der Waals surface area contributed by atoms with Crippen molar-refractivity contribution in [3.05, 3.63) is 29.3 Å². The highest BCUT2D eigenvalue weighted by molar-refractivity contribution is 6.33. The molecule has 23 heavy (non-hydrogen) atoms. The van der Waals surface area contributed by atoms with Crippen LogP contribution < -0.4 is 4.90 Å². The van der Waals surface area contributed by atoms with Crippen molar-refractivity contribution in [1.29, 1.82) is 0 Å². The fourth-order valence-electron chi connectivity index (χ4n) is 2.54. The van der Waals surface area contributed by atoms with Gasteiger partial charge in [-0.25, -0.2) is 0 Å². The maximum absolute atomic E-state index is 12.5. The van der Waals surface area contributed by atoms with Crippen LogP contribution in [0.1, 0.15) is 13.8 Å². The van der Waals surface area contributed by atoms with Gasteiger partial charge in [0.25, 0.3) is 0 Å². The average Bonchev–Trinajstić information content (AvgIpc) is 2.53. The molecule has 1 aromatic rings. The van der Waals surface area contributed by atoms with Gasteiger partial charge in [-0.2, -0.15) is 0 Å². The lowest BCUT2D eigenvalue weighted by Gasteiger charge is -2.35. The zero-order chi connectivity index (χ0) is 17.0. The predicted molar refractivity (Wildman–Crippen MR) is 88.3 cm³/mol. The van der Waals surface area contributed by atoms with Crippen molar-refractivity contribution in [3.8, 4) is 0 Å². The smallest absolute Gasteiger partial charge is 0.242 e. The van der Waals surface area contributed by atoms with E-state index < -0.39 is 0 Å². The van der Waals surface area contributed by atoms with Crippen LogP contribution in [0.4, 0.5) is 5.69 Å². The molecule has 2 rings (SSSR count). The number of carbonyl (C=O) groups is 3. The Bertz CT molecular complexity index is 612. The molecule has 1 aromatic carbocycles. The second-order valence-electron chi connectivity index (χ2n) is 5.44. The summed E-state index contributed by atoms with van der Waals surface area (Å²) in [7, 11) is 0. The maximum Gasteiger partial charge on any atom is 0.242 e. The third-order valence-electron chi connectivity index (χ3n) is 3.89. The van der Waals surface area contributed by atoms with Crippen molar-refractivity contribution in [3.63, 3.8) is 0 Å². The van der Waals surface area contributed by atoms with Gasteiger partial charge in [0.2, 0.25) is 17.7 Å². The van der Waals surface area contributed by atoms with Crippen LogP contribution >= 0.6 is 11.6 Å². The number of para-hydroxylation sites is 1. The van der Waals surface area contributed by atoms with Crippen LogP contribution in [0.25, 0.3) is 0 Å². The quantitative estimate of drug-likeness (QED) is 0.837. The fourth-order valence-corrected chi connectivity index (χ4v) is 2.78. The molecule has 0 aliphatic carbocycles. The van der Waals surface area contributed by atoms with Gasteiger partial charge in [-0.15, -0.1) is 0 Å². The molecule has 1 saturated heterocycles. The Labute approximate surface area is 140 Å². The monoisotopic (exact) mass is 337 g/mol. The summed E-state index contributed by atoms with van der Waals surface area (Å²) >= 11 is 6.12. The van der Waals surface area contributed by atoms with Crippen LogP contribution in [0.15, 0.2) is 24.3 Å². The molecule has 1 fully saturated rings. The normalized spacial score (nSPS) is 14.6. The maximum atomic E-state index is 12.5. The van der Waals surface area contributed by atoms with E-state index in [9.17, 15) is 14.4 Å². The van der Waals surface area contributed by atoms with Crippen molar-refractivity contribution in [2.75, 3.05) is 37.6 Å². The van der Waals surface area contributed by atoms with Gasteiger partial charge in [0, 0.05) is 40.0 Å². The first kappa shape index (κ1) is 17.3. The lowest BCUT2D eigenvalue weighted by Crippen LogP contribution is -2.52. The van der Waals surface area contributed by atoms with Crippen LogP contribution in [0, 0.1) is 0 Å². The molecule has 0 aromatic heterocycles. The van der Waals surface area contributed by atoms with E-state index in [0.29, 0.717) is 36.9 Å². The Morgan fingerprint density at radius 2 is 1.61 bits per heavy atom. The fraction of sp³-hybridized carbons (Fsp3) is 0.438. The first-order chi connectivity index (χ1) is 10.9. The zero-order valence-corrected chi connectivity index (χ0v) is 14.0. The molecule has 0 N–H and O–H groups in total. The molecule has 1 aliphatic heterocycles. The number of nitrogens with zero attached hydrogens (tertiary/aromatic N) is 3. The van der Waals surface area contributed by atoms with E-state index in [-0.39, 0.29) is 24.3 Å². The standard InChI is InChI=1S/C16H20ClN3O3/c1-12(21)18-7-9-19(10-8-18)16(23)11-20(13(2)22)15-6-4-3-5-14(15)17/h3-6H,7-11H2,1-2H3. The van der Waals surface area contributed by atoms with Crippen molar-refractivity contribution in [2.45, 2.75) is 13.8 Å². The summed E-state index contributed by atoms with van der Waals surface area (Å²) in [6.07, 6.45) is 0. The SMILES string of the molecule is CC(=O)N1CCN(C(=O)CN(C(C)=O)c2ccccc2Cl)CC1. The van der Waals surface area contributed by atoms with E-state index in [0.717, 1.165) is 0 Å². The summed E-state index contributed by atoms with van der Waals surface area (Å²) in [5.41, 5.74) is 0.525. The average molecular weight is 338 g/mol. The lowest BCUT2D eigenvalue weighted by atomic mass is 10.2. The second-order valence-corrected chi connectivity index (χ2v) is 5.85. The van der Waals surface area contributed by atoms with Gasteiger partial charge in [-0.3, -0.25) is 14.4 Å². The van der Waals surface area contributed by atoms with Crippen LogP contribution in [0.3, 0.4) is 0 Å².